The van der Waals surface area contributed by atoms with Crippen molar-refractivity contribution in [2.75, 3.05) is 17.7 Å². The normalized spacial score (nSPS) is 10.9. The van der Waals surface area contributed by atoms with Crippen LogP contribution in [0, 0.1) is 0 Å². The zero-order valence-electron chi connectivity index (χ0n) is 18.9. The van der Waals surface area contributed by atoms with Gasteiger partial charge in [0.05, 0.1) is 23.9 Å². The predicted molar refractivity (Wildman–Crippen MR) is 127 cm³/mol. The number of anilines is 2. The number of carboxylic acid groups (broad SMARTS) is 1. The zero-order chi connectivity index (χ0) is 24.2. The SMILES string of the molecule is COc1ccc(NC(=O)c2ccc(C(C)(C)C)cc2)c(C(=O)Nc2cccc(C(=O)O)c2)c1. The summed E-state index contributed by atoms with van der Waals surface area (Å²) in [5.41, 5.74) is 2.37. The molecule has 0 heterocycles. The molecule has 3 rings (SSSR count). The highest BCUT2D eigenvalue weighted by Crippen LogP contribution is 2.26. The first-order valence-electron chi connectivity index (χ1n) is 10.3. The Bertz CT molecular complexity index is 1190. The third-order valence-electron chi connectivity index (χ3n) is 5.10. The van der Waals surface area contributed by atoms with Crippen molar-refractivity contribution < 1.29 is 24.2 Å². The van der Waals surface area contributed by atoms with Crippen LogP contribution in [0.1, 0.15) is 57.4 Å². The number of ether oxygens (including phenoxy) is 1. The molecule has 0 aliphatic carbocycles. The topological polar surface area (TPSA) is 105 Å². The summed E-state index contributed by atoms with van der Waals surface area (Å²) in [6, 6.07) is 18.0. The molecule has 0 aliphatic rings. The lowest BCUT2D eigenvalue weighted by Crippen LogP contribution is -2.19. The maximum Gasteiger partial charge on any atom is 0.335 e. The average Bonchev–Trinajstić information content (AvgIpc) is 2.79. The number of hydrogen-bond acceptors (Lipinski definition) is 4. The van der Waals surface area contributed by atoms with Crippen LogP contribution in [0.15, 0.2) is 66.7 Å². The van der Waals surface area contributed by atoms with Gasteiger partial charge in [-0.05, 0) is 59.5 Å². The molecule has 0 aromatic heterocycles. The number of methoxy groups -OCH3 is 1. The molecule has 7 heteroatoms. The second-order valence-electron chi connectivity index (χ2n) is 8.53. The molecule has 0 atom stereocenters. The van der Waals surface area contributed by atoms with Gasteiger partial charge in [0.25, 0.3) is 11.8 Å². The number of nitrogens with one attached hydrogen (secondary N) is 2. The smallest absolute Gasteiger partial charge is 0.335 e. The maximum absolute atomic E-state index is 13.0. The molecule has 0 bridgehead atoms. The van der Waals surface area contributed by atoms with E-state index in [0.29, 0.717) is 22.7 Å². The van der Waals surface area contributed by atoms with Crippen molar-refractivity contribution in [1.29, 1.82) is 0 Å². The van der Waals surface area contributed by atoms with Crippen molar-refractivity contribution in [2.45, 2.75) is 26.2 Å². The highest BCUT2D eigenvalue weighted by Gasteiger charge is 2.18. The van der Waals surface area contributed by atoms with Crippen LogP contribution in [0.4, 0.5) is 11.4 Å². The van der Waals surface area contributed by atoms with Crippen molar-refractivity contribution in [3.8, 4) is 5.75 Å². The van der Waals surface area contributed by atoms with Crippen molar-refractivity contribution in [3.63, 3.8) is 0 Å². The summed E-state index contributed by atoms with van der Waals surface area (Å²) in [4.78, 5) is 37.0. The Morgan fingerprint density at radius 2 is 1.52 bits per heavy atom. The van der Waals surface area contributed by atoms with E-state index in [2.05, 4.69) is 31.4 Å². The second-order valence-corrected chi connectivity index (χ2v) is 8.53. The molecule has 0 radical (unpaired) electrons. The monoisotopic (exact) mass is 446 g/mol. The molecule has 0 saturated carbocycles. The number of carbonyl (C=O) groups is 3. The standard InChI is InChI=1S/C26H26N2O5/c1-26(2,3)18-10-8-16(9-11-18)23(29)28-22-13-12-20(33-4)15-21(22)24(30)27-19-7-5-6-17(14-19)25(31)32/h5-15H,1-4H3,(H,27,30)(H,28,29)(H,31,32). The molecule has 0 aliphatic heterocycles. The van der Waals surface area contributed by atoms with E-state index in [0.717, 1.165) is 5.56 Å². The summed E-state index contributed by atoms with van der Waals surface area (Å²) < 4.78 is 5.23. The molecule has 0 unspecified atom stereocenters. The molecule has 3 N–H and O–H groups in total. The highest BCUT2D eigenvalue weighted by molar-refractivity contribution is 6.13. The van der Waals surface area contributed by atoms with Gasteiger partial charge in [-0.25, -0.2) is 4.79 Å². The van der Waals surface area contributed by atoms with E-state index in [-0.39, 0.29) is 22.4 Å². The fourth-order valence-electron chi connectivity index (χ4n) is 3.19. The molecular weight excluding hydrogens is 420 g/mol. The van der Waals surface area contributed by atoms with Crippen LogP contribution >= 0.6 is 0 Å². The number of rotatable bonds is 6. The van der Waals surface area contributed by atoms with Gasteiger partial charge in [-0.3, -0.25) is 9.59 Å². The van der Waals surface area contributed by atoms with E-state index in [4.69, 9.17) is 9.84 Å². The van der Waals surface area contributed by atoms with Crippen LogP contribution in [0.25, 0.3) is 0 Å². The van der Waals surface area contributed by atoms with E-state index < -0.39 is 11.9 Å². The van der Waals surface area contributed by atoms with Crippen LogP contribution < -0.4 is 15.4 Å². The molecule has 3 aromatic rings. The third kappa shape index (κ3) is 5.77. The van der Waals surface area contributed by atoms with E-state index in [9.17, 15) is 14.4 Å². The Morgan fingerprint density at radius 1 is 0.818 bits per heavy atom. The first kappa shape index (κ1) is 23.5. The minimum Gasteiger partial charge on any atom is -0.497 e. The van der Waals surface area contributed by atoms with E-state index in [1.165, 1.54) is 31.4 Å². The molecule has 3 aromatic carbocycles. The predicted octanol–water partition coefficient (Wildman–Crippen LogP) is 5.20. The fourth-order valence-corrected chi connectivity index (χ4v) is 3.19. The van der Waals surface area contributed by atoms with Crippen LogP contribution in [0.2, 0.25) is 0 Å². The van der Waals surface area contributed by atoms with Gasteiger partial charge in [-0.2, -0.15) is 0 Å². The number of carboxylic acids is 1. The van der Waals surface area contributed by atoms with Crippen molar-refractivity contribution in [1.82, 2.24) is 0 Å². The molecule has 0 spiro atoms. The lowest BCUT2D eigenvalue weighted by molar-refractivity contribution is 0.0696. The van der Waals surface area contributed by atoms with Crippen molar-refractivity contribution in [3.05, 3.63) is 89.0 Å². The number of carbonyl (C=O) groups excluding carboxylic acids is 2. The molecule has 0 fully saturated rings. The lowest BCUT2D eigenvalue weighted by Gasteiger charge is -2.19. The first-order valence-corrected chi connectivity index (χ1v) is 10.3. The van der Waals surface area contributed by atoms with Crippen LogP contribution in [-0.2, 0) is 5.41 Å². The quantitative estimate of drug-likeness (QED) is 0.483. The zero-order valence-corrected chi connectivity index (χ0v) is 18.9. The fraction of sp³-hybridized carbons (Fsp3) is 0.192. The maximum atomic E-state index is 13.0. The Kier molecular flexibility index (Phi) is 6.82. The van der Waals surface area contributed by atoms with Gasteiger partial charge in [0, 0.05) is 11.3 Å². The van der Waals surface area contributed by atoms with E-state index in [1.54, 1.807) is 30.3 Å². The third-order valence-corrected chi connectivity index (χ3v) is 5.10. The Morgan fingerprint density at radius 3 is 2.12 bits per heavy atom. The van der Waals surface area contributed by atoms with Gasteiger partial charge in [0.15, 0.2) is 0 Å². The van der Waals surface area contributed by atoms with Crippen molar-refractivity contribution in [2.24, 2.45) is 0 Å². The van der Waals surface area contributed by atoms with Gasteiger partial charge in [0.2, 0.25) is 0 Å². The summed E-state index contributed by atoms with van der Waals surface area (Å²) >= 11 is 0. The summed E-state index contributed by atoms with van der Waals surface area (Å²) in [6.07, 6.45) is 0. The van der Waals surface area contributed by atoms with Gasteiger partial charge in [0.1, 0.15) is 5.75 Å². The molecular formula is C26H26N2O5. The molecule has 170 valence electrons. The largest absolute Gasteiger partial charge is 0.497 e. The number of amides is 2. The summed E-state index contributed by atoms with van der Waals surface area (Å²) in [5, 5.41) is 14.6. The Hall–Kier alpha value is -4.13. The minimum atomic E-state index is -1.10. The van der Waals surface area contributed by atoms with E-state index in [1.807, 2.05) is 12.1 Å². The molecule has 0 saturated heterocycles. The van der Waals surface area contributed by atoms with Gasteiger partial charge in [-0.1, -0.05) is 39.0 Å². The van der Waals surface area contributed by atoms with Crippen LogP contribution in [-0.4, -0.2) is 30.0 Å². The summed E-state index contributed by atoms with van der Waals surface area (Å²) in [7, 11) is 1.47. The Labute approximate surface area is 192 Å². The van der Waals surface area contributed by atoms with Gasteiger partial charge in [-0.15, -0.1) is 0 Å². The first-order chi connectivity index (χ1) is 15.6. The summed E-state index contributed by atoms with van der Waals surface area (Å²) in [6.45, 7) is 6.28. The van der Waals surface area contributed by atoms with Crippen LogP contribution in [0.5, 0.6) is 5.75 Å². The highest BCUT2D eigenvalue weighted by atomic mass is 16.5. The number of benzene rings is 3. The van der Waals surface area contributed by atoms with E-state index >= 15 is 0 Å². The molecule has 7 nitrogen and oxygen atoms in total. The number of hydrogen-bond donors (Lipinski definition) is 3. The Balaban J connectivity index is 1.86. The minimum absolute atomic E-state index is 0.0335. The average molecular weight is 447 g/mol. The van der Waals surface area contributed by atoms with Crippen molar-refractivity contribution >= 4 is 29.2 Å². The summed E-state index contributed by atoms with van der Waals surface area (Å²) in [5.74, 6) is -1.54. The second kappa shape index (κ2) is 9.56. The van der Waals surface area contributed by atoms with Gasteiger partial charge < -0.3 is 20.5 Å². The number of aromatic carboxylic acids is 1. The van der Waals surface area contributed by atoms with Crippen LogP contribution in [0.3, 0.4) is 0 Å². The lowest BCUT2D eigenvalue weighted by atomic mass is 9.86. The van der Waals surface area contributed by atoms with Gasteiger partial charge >= 0.3 is 5.97 Å². The molecule has 2 amide bonds. The molecule has 33 heavy (non-hydrogen) atoms.